The van der Waals surface area contributed by atoms with Crippen LogP contribution in [0.15, 0.2) is 72.0 Å². The summed E-state index contributed by atoms with van der Waals surface area (Å²) in [4.78, 5) is 11.3. The van der Waals surface area contributed by atoms with Crippen molar-refractivity contribution in [3.8, 4) is 22.8 Å². The number of halogens is 4. The molecule has 0 aliphatic carbocycles. The Hall–Kier alpha value is -4.26. The topological polar surface area (TPSA) is 103 Å². The maximum absolute atomic E-state index is 13.6. The number of pyridine rings is 1. The molecule has 2 aromatic carbocycles. The van der Waals surface area contributed by atoms with Crippen LogP contribution in [0.4, 0.5) is 23.5 Å². The van der Waals surface area contributed by atoms with Crippen molar-refractivity contribution in [2.45, 2.75) is 30.3 Å². The van der Waals surface area contributed by atoms with Crippen molar-refractivity contribution >= 4 is 16.0 Å². The van der Waals surface area contributed by atoms with Gasteiger partial charge in [-0.15, -0.1) is 0 Å². The van der Waals surface area contributed by atoms with Crippen LogP contribution in [-0.4, -0.2) is 36.6 Å². The van der Waals surface area contributed by atoms with Crippen LogP contribution >= 0.6 is 0 Å². The van der Waals surface area contributed by atoms with Gasteiger partial charge in [0.25, 0.3) is 10.0 Å². The van der Waals surface area contributed by atoms with Crippen LogP contribution < -0.4 is 14.2 Å². The van der Waals surface area contributed by atoms with Crippen molar-refractivity contribution < 1.29 is 35.5 Å². The maximum Gasteiger partial charge on any atom is 0.416 e. The molecule has 0 unspecified atom stereocenters. The summed E-state index contributed by atoms with van der Waals surface area (Å²) in [5.41, 5.74) is 1.23. The molecule has 3 heterocycles. The molecule has 13 heteroatoms. The average Bonchev–Trinajstić information content (AvgIpc) is 2.93. The highest BCUT2D eigenvalue weighted by Crippen LogP contribution is 2.44. The minimum Gasteiger partial charge on any atom is -0.493 e. The molecule has 5 rings (SSSR count). The minimum absolute atomic E-state index is 0.150. The molecule has 1 aliphatic rings. The largest absolute Gasteiger partial charge is 0.493 e. The van der Waals surface area contributed by atoms with E-state index < -0.39 is 33.5 Å². The van der Waals surface area contributed by atoms with Gasteiger partial charge in [-0.05, 0) is 48.7 Å². The number of benzene rings is 2. The second-order valence-electron chi connectivity index (χ2n) is 8.84. The normalized spacial score (nSPS) is 15.2. The summed E-state index contributed by atoms with van der Waals surface area (Å²) >= 11 is 0. The molecule has 0 saturated carbocycles. The number of rotatable bonds is 7. The van der Waals surface area contributed by atoms with Gasteiger partial charge in [-0.1, -0.05) is 12.1 Å². The molecule has 208 valence electrons. The molecule has 0 fully saturated rings. The Bertz CT molecular complexity index is 1630. The molecule has 0 radical (unpaired) electrons. The lowest BCUT2D eigenvalue weighted by molar-refractivity contribution is -0.137. The zero-order valence-corrected chi connectivity index (χ0v) is 21.8. The van der Waals surface area contributed by atoms with E-state index in [4.69, 9.17) is 9.47 Å². The lowest BCUT2D eigenvalue weighted by Crippen LogP contribution is -2.19. The number of alkyl halides is 3. The summed E-state index contributed by atoms with van der Waals surface area (Å²) in [5, 5.41) is 0. The van der Waals surface area contributed by atoms with Gasteiger partial charge in [0, 0.05) is 35.4 Å². The standard InChI is InChI=1S/C27H22F4N4O4S/c1-2-38-25-8-3-16(13-32-25)23-11-17(27(29,30)31)4-6-20(23)21-9-10-39-24-12-19(5-7-22(21)24)40(36,37)35-26-33-14-18(28)15-34-26/h3-8,11-15,21H,2,9-10H2,1H3,(H,33,34,35)/t21-/m0/s1. The fourth-order valence-electron chi connectivity index (χ4n) is 4.46. The Morgan fingerprint density at radius 3 is 2.42 bits per heavy atom. The van der Waals surface area contributed by atoms with E-state index in [-0.39, 0.29) is 23.2 Å². The van der Waals surface area contributed by atoms with Crippen LogP contribution in [0.2, 0.25) is 0 Å². The number of sulfonamides is 1. The van der Waals surface area contributed by atoms with E-state index in [1.54, 1.807) is 25.1 Å². The van der Waals surface area contributed by atoms with Gasteiger partial charge in [0.15, 0.2) is 5.82 Å². The number of hydrogen-bond donors (Lipinski definition) is 1. The van der Waals surface area contributed by atoms with Gasteiger partial charge in [0.1, 0.15) is 5.75 Å². The SMILES string of the molecule is CCOc1ccc(-c2cc(C(F)(F)F)ccc2[C@@H]2CCOc3cc(S(=O)(=O)Nc4ncc(F)cn4)ccc32)cn1. The zero-order valence-electron chi connectivity index (χ0n) is 20.9. The van der Waals surface area contributed by atoms with Gasteiger partial charge in [0.2, 0.25) is 11.8 Å². The third-order valence-electron chi connectivity index (χ3n) is 6.28. The predicted molar refractivity (Wildman–Crippen MR) is 137 cm³/mol. The van der Waals surface area contributed by atoms with Gasteiger partial charge in [0.05, 0.1) is 36.1 Å². The molecule has 2 aromatic heterocycles. The smallest absolute Gasteiger partial charge is 0.416 e. The number of nitrogens with zero attached hydrogens (tertiary/aromatic N) is 3. The van der Waals surface area contributed by atoms with E-state index in [0.29, 0.717) is 41.2 Å². The van der Waals surface area contributed by atoms with Crippen molar-refractivity contribution in [2.24, 2.45) is 0 Å². The van der Waals surface area contributed by atoms with Crippen LogP contribution in [0.3, 0.4) is 0 Å². The minimum atomic E-state index is -4.55. The first-order chi connectivity index (χ1) is 19.0. The van der Waals surface area contributed by atoms with Crippen molar-refractivity contribution in [3.05, 3.63) is 89.6 Å². The van der Waals surface area contributed by atoms with Gasteiger partial charge in [-0.3, -0.25) is 0 Å². The summed E-state index contributed by atoms with van der Waals surface area (Å²) in [7, 11) is -4.15. The molecule has 8 nitrogen and oxygen atoms in total. The van der Waals surface area contributed by atoms with Crippen LogP contribution in [-0.2, 0) is 16.2 Å². The fourth-order valence-corrected chi connectivity index (χ4v) is 5.44. The van der Waals surface area contributed by atoms with Gasteiger partial charge in [-0.25, -0.2) is 32.5 Å². The second kappa shape index (κ2) is 10.7. The van der Waals surface area contributed by atoms with Crippen LogP contribution in [0, 0.1) is 5.82 Å². The number of ether oxygens (including phenoxy) is 2. The fraction of sp³-hybridized carbons (Fsp3) is 0.222. The molecule has 1 N–H and O–H groups in total. The van der Waals surface area contributed by atoms with E-state index in [1.165, 1.54) is 24.4 Å². The lowest BCUT2D eigenvalue weighted by atomic mass is 9.82. The summed E-state index contributed by atoms with van der Waals surface area (Å²) in [6, 6.07) is 11.0. The maximum atomic E-state index is 13.6. The molecule has 1 atom stereocenters. The van der Waals surface area contributed by atoms with Crippen molar-refractivity contribution in [3.63, 3.8) is 0 Å². The number of nitrogens with one attached hydrogen (secondary N) is 1. The third kappa shape index (κ3) is 5.69. The Balaban J connectivity index is 1.53. The lowest BCUT2D eigenvalue weighted by Gasteiger charge is -2.29. The Morgan fingerprint density at radius 2 is 1.75 bits per heavy atom. The van der Waals surface area contributed by atoms with Crippen LogP contribution in [0.1, 0.15) is 36.0 Å². The molecule has 0 bridgehead atoms. The number of aromatic nitrogens is 3. The van der Waals surface area contributed by atoms with Crippen LogP contribution in [0.25, 0.3) is 11.1 Å². The zero-order chi connectivity index (χ0) is 28.5. The second-order valence-corrected chi connectivity index (χ2v) is 10.5. The number of hydrogen-bond acceptors (Lipinski definition) is 7. The molecule has 4 aromatic rings. The molecule has 1 aliphatic heterocycles. The van der Waals surface area contributed by atoms with E-state index in [9.17, 15) is 26.0 Å². The Kier molecular flexibility index (Phi) is 7.32. The number of anilines is 1. The van der Waals surface area contributed by atoms with Crippen LogP contribution in [0.5, 0.6) is 11.6 Å². The Labute approximate surface area is 227 Å². The quantitative estimate of drug-likeness (QED) is 0.278. The van der Waals surface area contributed by atoms with E-state index >= 15 is 0 Å². The van der Waals surface area contributed by atoms with E-state index in [2.05, 4.69) is 19.7 Å². The first-order valence-corrected chi connectivity index (χ1v) is 13.6. The molecular formula is C27H22F4N4O4S. The van der Waals surface area contributed by atoms with Crippen molar-refractivity contribution in [1.82, 2.24) is 15.0 Å². The first kappa shape index (κ1) is 27.3. The van der Waals surface area contributed by atoms with Crippen molar-refractivity contribution in [2.75, 3.05) is 17.9 Å². The first-order valence-electron chi connectivity index (χ1n) is 12.1. The summed E-state index contributed by atoms with van der Waals surface area (Å²) in [6.45, 7) is 2.40. The monoisotopic (exact) mass is 574 g/mol. The van der Waals surface area contributed by atoms with Gasteiger partial charge in [-0.2, -0.15) is 13.2 Å². The third-order valence-corrected chi connectivity index (χ3v) is 7.60. The highest BCUT2D eigenvalue weighted by molar-refractivity contribution is 7.92. The highest BCUT2D eigenvalue weighted by Gasteiger charge is 2.33. The molecule has 0 spiro atoms. The molecule has 0 saturated heterocycles. The predicted octanol–water partition coefficient (Wildman–Crippen LogP) is 5.81. The Morgan fingerprint density at radius 1 is 1.00 bits per heavy atom. The highest BCUT2D eigenvalue weighted by atomic mass is 32.2. The van der Waals surface area contributed by atoms with E-state index in [0.717, 1.165) is 24.5 Å². The van der Waals surface area contributed by atoms with E-state index in [1.807, 2.05) is 0 Å². The average molecular weight is 575 g/mol. The van der Waals surface area contributed by atoms with Gasteiger partial charge < -0.3 is 9.47 Å². The molecular weight excluding hydrogens is 552 g/mol. The van der Waals surface area contributed by atoms with Gasteiger partial charge >= 0.3 is 6.18 Å². The number of fused-ring (bicyclic) bond motifs is 1. The molecule has 0 amide bonds. The summed E-state index contributed by atoms with van der Waals surface area (Å²) < 4.78 is 93.1. The summed E-state index contributed by atoms with van der Waals surface area (Å²) in [6.07, 6.45) is -0.989. The molecule has 40 heavy (non-hydrogen) atoms. The summed E-state index contributed by atoms with van der Waals surface area (Å²) in [5.74, 6) is -0.798. The van der Waals surface area contributed by atoms with Crippen molar-refractivity contribution in [1.29, 1.82) is 0 Å².